The third kappa shape index (κ3) is 7.21. The molecule has 0 saturated carbocycles. The Labute approximate surface area is 238 Å². The first kappa shape index (κ1) is 29.1. The van der Waals surface area contributed by atoms with E-state index in [4.69, 9.17) is 9.84 Å². The van der Waals surface area contributed by atoms with Gasteiger partial charge in [-0.1, -0.05) is 36.4 Å². The fourth-order valence-corrected chi connectivity index (χ4v) is 4.91. The van der Waals surface area contributed by atoms with Crippen LogP contribution in [-0.2, 0) is 25.6 Å². The Morgan fingerprint density at radius 3 is 2.59 bits per heavy atom. The number of hydrogen-bond acceptors (Lipinski definition) is 6. The molecule has 3 amide bonds. The maximum absolute atomic E-state index is 13.2. The van der Waals surface area contributed by atoms with E-state index in [0.717, 1.165) is 11.3 Å². The lowest BCUT2D eigenvalue weighted by molar-refractivity contribution is -0.137. The van der Waals surface area contributed by atoms with Gasteiger partial charge in [-0.15, -0.1) is 0 Å². The number of carbonyl (C=O) groups is 4. The van der Waals surface area contributed by atoms with Gasteiger partial charge in [-0.25, -0.2) is 0 Å². The lowest BCUT2D eigenvalue weighted by atomic mass is 10.00. The molecule has 214 valence electrons. The highest BCUT2D eigenvalue weighted by Gasteiger charge is 2.28. The number of hydrogen-bond donors (Lipinski definition) is 4. The average molecular weight is 559 g/mol. The molecule has 10 heteroatoms. The first-order chi connectivity index (χ1) is 19.7. The average Bonchev–Trinajstić information content (AvgIpc) is 3.40. The van der Waals surface area contributed by atoms with Crippen LogP contribution in [0.25, 0.3) is 0 Å². The van der Waals surface area contributed by atoms with Crippen LogP contribution in [-0.4, -0.2) is 49.5 Å². The van der Waals surface area contributed by atoms with Gasteiger partial charge in [-0.05, 0) is 53.4 Å². The van der Waals surface area contributed by atoms with Crippen molar-refractivity contribution in [3.63, 3.8) is 0 Å². The monoisotopic (exact) mass is 558 g/mol. The molecule has 3 aromatic carbocycles. The van der Waals surface area contributed by atoms with Gasteiger partial charge in [0.05, 0.1) is 31.2 Å². The van der Waals surface area contributed by atoms with Crippen molar-refractivity contribution in [3.8, 4) is 5.75 Å². The minimum Gasteiger partial charge on any atom is -0.495 e. The lowest BCUT2D eigenvalue weighted by Crippen LogP contribution is -2.29. The number of nitrogens with zero attached hydrogens (tertiary/aromatic N) is 1. The van der Waals surface area contributed by atoms with Crippen molar-refractivity contribution in [1.29, 1.82) is 0 Å². The highest BCUT2D eigenvalue weighted by atomic mass is 16.5. The van der Waals surface area contributed by atoms with Crippen LogP contribution < -0.4 is 25.6 Å². The number of anilines is 3. The van der Waals surface area contributed by atoms with Gasteiger partial charge in [0.1, 0.15) is 5.75 Å². The summed E-state index contributed by atoms with van der Waals surface area (Å²) in [5.41, 5.74) is 4.44. The molecule has 0 aromatic heterocycles. The van der Waals surface area contributed by atoms with E-state index in [1.165, 1.54) is 18.9 Å². The van der Waals surface area contributed by atoms with Crippen molar-refractivity contribution in [1.82, 2.24) is 5.32 Å². The van der Waals surface area contributed by atoms with E-state index >= 15 is 0 Å². The number of carboxylic acid groups (broad SMARTS) is 1. The van der Waals surface area contributed by atoms with Crippen LogP contribution in [0.5, 0.6) is 5.75 Å². The molecule has 1 heterocycles. The summed E-state index contributed by atoms with van der Waals surface area (Å²) >= 11 is 0. The maximum Gasteiger partial charge on any atom is 0.303 e. The van der Waals surface area contributed by atoms with Crippen LogP contribution in [0.4, 0.5) is 17.1 Å². The number of likely N-dealkylation sites (N-methyl/N-ethyl adjacent to an activating group) is 1. The number of benzene rings is 3. The van der Waals surface area contributed by atoms with E-state index in [9.17, 15) is 19.2 Å². The molecule has 1 aliphatic heterocycles. The zero-order valence-corrected chi connectivity index (χ0v) is 23.3. The van der Waals surface area contributed by atoms with Crippen molar-refractivity contribution in [2.75, 3.05) is 36.2 Å². The summed E-state index contributed by atoms with van der Waals surface area (Å²) < 4.78 is 5.53. The Balaban J connectivity index is 1.44. The summed E-state index contributed by atoms with van der Waals surface area (Å²) in [7, 11) is 3.17. The Hall–Kier alpha value is -4.86. The lowest BCUT2D eigenvalue weighted by Gasteiger charge is -2.22. The zero-order chi connectivity index (χ0) is 29.5. The quantitative estimate of drug-likeness (QED) is 0.278. The number of methoxy groups -OCH3 is 1. The van der Waals surface area contributed by atoms with Gasteiger partial charge in [-0.3, -0.25) is 19.2 Å². The highest BCUT2D eigenvalue weighted by molar-refractivity contribution is 5.99. The molecule has 3 aromatic rings. The summed E-state index contributed by atoms with van der Waals surface area (Å²) in [5.74, 6) is -1.43. The predicted molar refractivity (Wildman–Crippen MR) is 156 cm³/mol. The van der Waals surface area contributed by atoms with Crippen LogP contribution in [0.2, 0.25) is 0 Å². The second-order valence-corrected chi connectivity index (χ2v) is 9.95. The van der Waals surface area contributed by atoms with E-state index in [1.807, 2.05) is 24.3 Å². The Morgan fingerprint density at radius 1 is 1.07 bits per heavy atom. The van der Waals surface area contributed by atoms with Crippen LogP contribution >= 0.6 is 0 Å². The minimum atomic E-state index is -0.953. The number of carboxylic acids is 1. The van der Waals surface area contributed by atoms with Gasteiger partial charge in [-0.2, -0.15) is 0 Å². The van der Waals surface area contributed by atoms with Crippen molar-refractivity contribution >= 4 is 40.8 Å². The van der Waals surface area contributed by atoms with E-state index < -0.39 is 12.0 Å². The molecular formula is C31H34N4O6. The molecule has 2 unspecified atom stereocenters. The summed E-state index contributed by atoms with van der Waals surface area (Å²) in [6.45, 7) is 1.89. The van der Waals surface area contributed by atoms with E-state index in [2.05, 4.69) is 16.0 Å². The molecule has 0 fully saturated rings. The van der Waals surface area contributed by atoms with Crippen LogP contribution in [0.3, 0.4) is 0 Å². The Morgan fingerprint density at radius 2 is 1.85 bits per heavy atom. The smallest absolute Gasteiger partial charge is 0.303 e. The second-order valence-electron chi connectivity index (χ2n) is 9.95. The molecule has 1 aliphatic rings. The van der Waals surface area contributed by atoms with Crippen molar-refractivity contribution < 1.29 is 29.0 Å². The molecule has 0 radical (unpaired) electrons. The van der Waals surface area contributed by atoms with Gasteiger partial charge in [0.25, 0.3) is 0 Å². The number of ether oxygens (including phenoxy) is 1. The summed E-state index contributed by atoms with van der Waals surface area (Å²) in [6, 6.07) is 19.6. The second kappa shape index (κ2) is 13.0. The molecule has 4 N–H and O–H groups in total. The first-order valence-corrected chi connectivity index (χ1v) is 13.3. The van der Waals surface area contributed by atoms with Gasteiger partial charge in [0, 0.05) is 38.3 Å². The number of nitrogens with one attached hydrogen (secondary N) is 3. The maximum atomic E-state index is 13.2. The van der Waals surface area contributed by atoms with Crippen LogP contribution in [0, 0.1) is 0 Å². The number of rotatable bonds is 11. The number of aliphatic carboxylic acids is 1. The zero-order valence-electron chi connectivity index (χ0n) is 23.3. The topological polar surface area (TPSA) is 137 Å². The van der Waals surface area contributed by atoms with Gasteiger partial charge < -0.3 is 30.7 Å². The van der Waals surface area contributed by atoms with Gasteiger partial charge in [0.2, 0.25) is 17.7 Å². The number of carbonyl (C=O) groups excluding carboxylic acids is 3. The minimum absolute atomic E-state index is 0.0827. The summed E-state index contributed by atoms with van der Waals surface area (Å²) in [5, 5.41) is 18.1. The van der Waals surface area contributed by atoms with Crippen molar-refractivity contribution in [2.45, 2.75) is 38.1 Å². The Kier molecular flexibility index (Phi) is 9.23. The predicted octanol–water partition coefficient (Wildman–Crippen LogP) is 4.09. The Bertz CT molecular complexity index is 1460. The largest absolute Gasteiger partial charge is 0.495 e. The normalized spacial score (nSPS) is 14.3. The summed E-state index contributed by atoms with van der Waals surface area (Å²) in [4.78, 5) is 50.5. The fraction of sp³-hybridized carbons (Fsp3) is 0.290. The summed E-state index contributed by atoms with van der Waals surface area (Å²) in [6.07, 6.45) is 0.203. The third-order valence-electron chi connectivity index (χ3n) is 7.09. The molecule has 0 spiro atoms. The molecule has 41 heavy (non-hydrogen) atoms. The molecule has 2 atom stereocenters. The molecule has 0 aliphatic carbocycles. The van der Waals surface area contributed by atoms with Crippen LogP contribution in [0.15, 0.2) is 66.7 Å². The van der Waals surface area contributed by atoms with Crippen molar-refractivity contribution in [3.05, 3.63) is 83.4 Å². The van der Waals surface area contributed by atoms with E-state index in [-0.39, 0.29) is 42.9 Å². The first-order valence-electron chi connectivity index (χ1n) is 13.3. The molecular weight excluding hydrogens is 524 g/mol. The highest BCUT2D eigenvalue weighted by Crippen LogP contribution is 2.33. The SMILES string of the molecule is COc1cc(CC(=O)N(C)c2cccc(C(CCC(=O)O)NC(C)=O)c2)ccc1NC(=O)C1CNc2ccccc21. The van der Waals surface area contributed by atoms with Gasteiger partial charge in [0.15, 0.2) is 0 Å². The van der Waals surface area contributed by atoms with E-state index in [0.29, 0.717) is 34.8 Å². The van der Waals surface area contributed by atoms with E-state index in [1.54, 1.807) is 49.5 Å². The number of fused-ring (bicyclic) bond motifs is 1. The molecule has 10 nitrogen and oxygen atoms in total. The number of amides is 3. The number of para-hydroxylation sites is 1. The molecule has 0 bridgehead atoms. The van der Waals surface area contributed by atoms with Crippen LogP contribution in [0.1, 0.15) is 48.4 Å². The third-order valence-corrected chi connectivity index (χ3v) is 7.09. The fourth-order valence-electron chi connectivity index (χ4n) is 4.91. The van der Waals surface area contributed by atoms with Crippen molar-refractivity contribution in [2.24, 2.45) is 0 Å². The molecule has 4 rings (SSSR count). The van der Waals surface area contributed by atoms with Gasteiger partial charge >= 0.3 is 5.97 Å². The molecule has 0 saturated heterocycles. The standard InChI is InChI=1S/C31H34N4O6/c1-19(36)33-25(13-14-30(38)39)21-7-6-8-22(17-21)35(2)29(37)16-20-11-12-27(28(15-20)41-3)34-31(40)24-18-32-26-10-5-4-9-23(24)26/h4-12,15,17,24-25,32H,13-14,16,18H2,1-3H3,(H,33,36)(H,34,40)(H,38,39).